The zero-order valence-corrected chi connectivity index (χ0v) is 12.0. The summed E-state index contributed by atoms with van der Waals surface area (Å²) < 4.78 is 38.2. The van der Waals surface area contributed by atoms with E-state index in [4.69, 9.17) is 11.6 Å². The molecule has 0 aliphatic heterocycles. The molecule has 22 heavy (non-hydrogen) atoms. The third-order valence-corrected chi connectivity index (χ3v) is 3.16. The molecule has 2 aromatic rings. The van der Waals surface area contributed by atoms with Crippen molar-refractivity contribution in [2.45, 2.75) is 13.1 Å². The molecule has 2 N–H and O–H groups in total. The minimum atomic E-state index is -4.64. The van der Waals surface area contributed by atoms with E-state index in [-0.39, 0.29) is 11.3 Å². The Balaban J connectivity index is 2.31. The third kappa shape index (κ3) is 3.48. The van der Waals surface area contributed by atoms with Crippen LogP contribution in [0.2, 0.25) is 5.02 Å². The van der Waals surface area contributed by atoms with Crippen LogP contribution < -0.4 is 10.7 Å². The first-order chi connectivity index (χ1) is 10.2. The highest BCUT2D eigenvalue weighted by atomic mass is 35.5. The Bertz CT molecular complexity index is 784. The zero-order chi connectivity index (χ0) is 16.5. The van der Waals surface area contributed by atoms with Gasteiger partial charge in [0.15, 0.2) is 5.43 Å². The van der Waals surface area contributed by atoms with Gasteiger partial charge >= 0.3 is 6.18 Å². The maximum absolute atomic E-state index is 12.7. The van der Waals surface area contributed by atoms with E-state index in [0.717, 1.165) is 6.07 Å². The van der Waals surface area contributed by atoms with Gasteiger partial charge in [-0.1, -0.05) is 11.6 Å². The fourth-order valence-corrected chi connectivity index (χ4v) is 1.99. The second-order valence-electron chi connectivity index (χ2n) is 4.54. The van der Waals surface area contributed by atoms with Crippen LogP contribution in [0.4, 0.5) is 18.9 Å². The van der Waals surface area contributed by atoms with Crippen LogP contribution in [0.5, 0.6) is 0 Å². The molecule has 0 saturated heterocycles. The van der Waals surface area contributed by atoms with Crippen molar-refractivity contribution in [1.29, 1.82) is 0 Å². The molecule has 1 aromatic carbocycles. The van der Waals surface area contributed by atoms with E-state index in [2.05, 4.69) is 10.3 Å². The van der Waals surface area contributed by atoms with Gasteiger partial charge < -0.3 is 10.3 Å². The molecule has 4 nitrogen and oxygen atoms in total. The number of hydrogen-bond donors (Lipinski definition) is 2. The second kappa shape index (κ2) is 5.84. The van der Waals surface area contributed by atoms with Gasteiger partial charge in [-0.2, -0.15) is 13.2 Å². The van der Waals surface area contributed by atoms with E-state index in [1.54, 1.807) is 6.92 Å². The smallest absolute Gasteiger partial charge is 0.364 e. The van der Waals surface area contributed by atoms with Gasteiger partial charge in [0.1, 0.15) is 5.56 Å². The van der Waals surface area contributed by atoms with Crippen molar-refractivity contribution < 1.29 is 18.0 Å². The Kier molecular flexibility index (Phi) is 4.27. The maximum Gasteiger partial charge on any atom is 0.417 e. The van der Waals surface area contributed by atoms with Crippen LogP contribution in [-0.2, 0) is 6.18 Å². The molecule has 1 amide bonds. The average Bonchev–Trinajstić information content (AvgIpc) is 2.39. The number of anilines is 1. The molecule has 0 radical (unpaired) electrons. The quantitative estimate of drug-likeness (QED) is 0.883. The predicted octanol–water partition coefficient (Wildman–Crippen LogP) is 3.61. The molecular weight excluding hydrogens is 321 g/mol. The van der Waals surface area contributed by atoms with Gasteiger partial charge in [0, 0.05) is 23.6 Å². The van der Waals surface area contributed by atoms with Crippen molar-refractivity contribution in [1.82, 2.24) is 4.98 Å². The lowest BCUT2D eigenvalue weighted by atomic mass is 10.1. The normalized spacial score (nSPS) is 11.3. The van der Waals surface area contributed by atoms with Gasteiger partial charge in [0.25, 0.3) is 5.91 Å². The summed E-state index contributed by atoms with van der Waals surface area (Å²) in [5, 5.41) is 1.77. The van der Waals surface area contributed by atoms with E-state index in [0.29, 0.717) is 11.8 Å². The summed E-state index contributed by atoms with van der Waals surface area (Å²) >= 11 is 5.49. The minimum absolute atomic E-state index is 0.110. The van der Waals surface area contributed by atoms with Gasteiger partial charge in [-0.25, -0.2) is 0 Å². The summed E-state index contributed by atoms with van der Waals surface area (Å²) in [7, 11) is 0. The van der Waals surface area contributed by atoms with Crippen LogP contribution in [0.3, 0.4) is 0 Å². The molecule has 116 valence electrons. The predicted molar refractivity (Wildman–Crippen MR) is 76.2 cm³/mol. The molecule has 1 aromatic heterocycles. The fraction of sp³-hybridized carbons (Fsp3) is 0.143. The first-order valence-electron chi connectivity index (χ1n) is 6.06. The fourth-order valence-electron chi connectivity index (χ4n) is 1.77. The third-order valence-electron chi connectivity index (χ3n) is 2.83. The molecule has 1 heterocycles. The zero-order valence-electron chi connectivity index (χ0n) is 11.2. The lowest BCUT2D eigenvalue weighted by molar-refractivity contribution is -0.137. The summed E-state index contributed by atoms with van der Waals surface area (Å²) in [4.78, 5) is 26.3. The largest absolute Gasteiger partial charge is 0.417 e. The van der Waals surface area contributed by atoms with Crippen LogP contribution in [0.1, 0.15) is 21.6 Å². The Hall–Kier alpha value is -2.28. The van der Waals surface area contributed by atoms with E-state index < -0.39 is 28.1 Å². The van der Waals surface area contributed by atoms with Crippen LogP contribution in [0.15, 0.2) is 35.3 Å². The Labute approximate surface area is 127 Å². The molecular formula is C14H10ClF3N2O2. The number of carbonyl (C=O) groups is 1. The summed E-state index contributed by atoms with van der Waals surface area (Å²) in [6.07, 6.45) is -3.44. The SMILES string of the molecule is Cc1cc(=O)c(C(=O)Nc2ccc(Cl)c(C(F)(F)F)c2)c[nH]1. The Morgan fingerprint density at radius 1 is 1.27 bits per heavy atom. The number of halogens is 4. The van der Waals surface area contributed by atoms with Gasteiger partial charge in [0.2, 0.25) is 0 Å². The molecule has 0 unspecified atom stereocenters. The first-order valence-corrected chi connectivity index (χ1v) is 6.43. The van der Waals surface area contributed by atoms with Crippen molar-refractivity contribution >= 4 is 23.2 Å². The molecule has 0 fully saturated rings. The van der Waals surface area contributed by atoms with E-state index >= 15 is 0 Å². The summed E-state index contributed by atoms with van der Waals surface area (Å²) in [6.45, 7) is 1.64. The highest BCUT2D eigenvalue weighted by Gasteiger charge is 2.33. The number of H-pyrrole nitrogens is 1. The van der Waals surface area contributed by atoms with Gasteiger partial charge in [0.05, 0.1) is 10.6 Å². The number of aromatic nitrogens is 1. The number of hydrogen-bond acceptors (Lipinski definition) is 2. The number of aromatic amines is 1. The molecule has 0 atom stereocenters. The first kappa shape index (κ1) is 16.1. The molecule has 0 aliphatic carbocycles. The highest BCUT2D eigenvalue weighted by molar-refractivity contribution is 6.31. The number of nitrogens with one attached hydrogen (secondary N) is 2. The summed E-state index contributed by atoms with van der Waals surface area (Å²) in [5.41, 5.74) is -1.34. The lowest BCUT2D eigenvalue weighted by Gasteiger charge is -2.11. The van der Waals surface area contributed by atoms with E-state index in [1.807, 2.05) is 0 Å². The van der Waals surface area contributed by atoms with E-state index in [9.17, 15) is 22.8 Å². The standard InChI is InChI=1S/C14H10ClF3N2O2/c1-7-4-12(21)9(6-19-7)13(22)20-8-2-3-11(15)10(5-8)14(16,17)18/h2-6H,1H3,(H,19,21)(H,20,22). The number of pyridine rings is 1. The number of aryl methyl sites for hydroxylation is 1. The summed E-state index contributed by atoms with van der Waals surface area (Å²) in [6, 6.07) is 4.18. The van der Waals surface area contributed by atoms with Crippen LogP contribution in [0.25, 0.3) is 0 Å². The van der Waals surface area contributed by atoms with Crippen LogP contribution >= 0.6 is 11.6 Å². The molecule has 8 heteroatoms. The summed E-state index contributed by atoms with van der Waals surface area (Å²) in [5.74, 6) is -0.809. The molecule has 0 bridgehead atoms. The number of benzene rings is 1. The van der Waals surface area contributed by atoms with Gasteiger partial charge in [-0.3, -0.25) is 9.59 Å². The topological polar surface area (TPSA) is 62.0 Å². The lowest BCUT2D eigenvalue weighted by Crippen LogP contribution is -2.21. The number of amides is 1. The van der Waals surface area contributed by atoms with Crippen LogP contribution in [-0.4, -0.2) is 10.9 Å². The average molecular weight is 331 g/mol. The highest BCUT2D eigenvalue weighted by Crippen LogP contribution is 2.36. The van der Waals surface area contributed by atoms with Crippen molar-refractivity contribution in [2.24, 2.45) is 0 Å². The number of alkyl halides is 3. The van der Waals surface area contributed by atoms with Crippen molar-refractivity contribution in [3.05, 3.63) is 62.5 Å². The minimum Gasteiger partial charge on any atom is -0.364 e. The number of rotatable bonds is 2. The van der Waals surface area contributed by atoms with Crippen molar-refractivity contribution in [2.75, 3.05) is 5.32 Å². The van der Waals surface area contributed by atoms with Crippen molar-refractivity contribution in [3.8, 4) is 0 Å². The number of carbonyl (C=O) groups excluding carboxylic acids is 1. The van der Waals surface area contributed by atoms with Crippen LogP contribution in [0, 0.1) is 6.92 Å². The Morgan fingerprint density at radius 2 is 1.95 bits per heavy atom. The molecule has 0 aliphatic rings. The van der Waals surface area contributed by atoms with Crippen molar-refractivity contribution in [3.63, 3.8) is 0 Å². The Morgan fingerprint density at radius 3 is 2.55 bits per heavy atom. The van der Waals surface area contributed by atoms with Gasteiger partial charge in [-0.15, -0.1) is 0 Å². The van der Waals surface area contributed by atoms with Gasteiger partial charge in [-0.05, 0) is 25.1 Å². The monoisotopic (exact) mass is 330 g/mol. The maximum atomic E-state index is 12.7. The molecule has 2 rings (SSSR count). The molecule has 0 saturated carbocycles. The molecule has 0 spiro atoms. The van der Waals surface area contributed by atoms with E-state index in [1.165, 1.54) is 18.3 Å². The second-order valence-corrected chi connectivity index (χ2v) is 4.95.